The maximum atomic E-state index is 16.3. The van der Waals surface area contributed by atoms with Crippen molar-refractivity contribution in [2.24, 2.45) is 0 Å². The number of anilines is 1. The molecule has 2 aliphatic rings. The van der Waals surface area contributed by atoms with E-state index in [1.54, 1.807) is 12.1 Å². The average molecular weight is 467 g/mol. The maximum Gasteiger partial charge on any atom is 0.197 e. The summed E-state index contributed by atoms with van der Waals surface area (Å²) in [5, 5.41) is 14.6. The Kier molecular flexibility index (Phi) is 7.73. The molecule has 1 unspecified atom stereocenters. The first-order valence-electron chi connectivity index (χ1n) is 12.1. The Morgan fingerprint density at radius 3 is 2.47 bits per heavy atom. The molecular weight excluding hydrogens is 433 g/mol. The van der Waals surface area contributed by atoms with Crippen LogP contribution in [-0.4, -0.2) is 54.4 Å². The molecule has 0 saturated carbocycles. The van der Waals surface area contributed by atoms with Gasteiger partial charge in [-0.3, -0.25) is 10.0 Å². The summed E-state index contributed by atoms with van der Waals surface area (Å²) in [6.07, 6.45) is 4.92. The summed E-state index contributed by atoms with van der Waals surface area (Å²) in [5.74, 6) is 1.80. The van der Waals surface area contributed by atoms with Gasteiger partial charge in [-0.05, 0) is 50.5 Å². The highest BCUT2D eigenvalue weighted by atomic mass is 19.1. The number of ether oxygens (including phenoxy) is 2. The Bertz CT molecular complexity index is 1000. The van der Waals surface area contributed by atoms with E-state index < -0.39 is 5.67 Å². The highest BCUT2D eigenvalue weighted by Crippen LogP contribution is 2.41. The zero-order chi connectivity index (χ0) is 24.0. The second kappa shape index (κ2) is 10.9. The van der Waals surface area contributed by atoms with Crippen LogP contribution in [0.4, 0.5) is 10.2 Å². The lowest BCUT2D eigenvalue weighted by Crippen LogP contribution is -2.46. The van der Waals surface area contributed by atoms with Crippen molar-refractivity contribution < 1.29 is 19.0 Å². The third-order valence-corrected chi connectivity index (χ3v) is 6.21. The van der Waals surface area contributed by atoms with E-state index in [4.69, 9.17) is 9.47 Å². The second-order valence-corrected chi connectivity index (χ2v) is 8.82. The molecule has 1 N–H and O–H groups in total. The number of allylic oxidation sites excluding steroid dienone is 2. The van der Waals surface area contributed by atoms with Gasteiger partial charge in [0.05, 0.1) is 25.0 Å². The van der Waals surface area contributed by atoms with Gasteiger partial charge in [-0.25, -0.2) is 9.37 Å². The number of piperidine rings is 1. The molecule has 0 amide bonds. The number of rotatable bonds is 9. The van der Waals surface area contributed by atoms with E-state index in [1.165, 1.54) is 12.3 Å². The minimum atomic E-state index is -1.57. The van der Waals surface area contributed by atoms with Crippen LogP contribution in [0.25, 0.3) is 5.57 Å². The van der Waals surface area contributed by atoms with Gasteiger partial charge in [0.2, 0.25) is 0 Å². The van der Waals surface area contributed by atoms with Gasteiger partial charge in [0.1, 0.15) is 17.3 Å². The Labute approximate surface area is 201 Å². The first kappa shape index (κ1) is 24.1. The van der Waals surface area contributed by atoms with Gasteiger partial charge in [0, 0.05) is 32.1 Å². The van der Waals surface area contributed by atoms with Gasteiger partial charge >= 0.3 is 0 Å². The summed E-state index contributed by atoms with van der Waals surface area (Å²) >= 11 is 0. The SMILES string of the molecule is CCOC1=CC(F)(CN2CCC(Nc3ccc([O])cn3)CC2)CC(OCC)=C1c1ccccc1. The Hall–Kier alpha value is -3.06. The fourth-order valence-electron chi connectivity index (χ4n) is 4.71. The third-order valence-electron chi connectivity index (χ3n) is 6.21. The van der Waals surface area contributed by atoms with Crippen molar-refractivity contribution in [1.82, 2.24) is 9.88 Å². The highest BCUT2D eigenvalue weighted by Gasteiger charge is 2.39. The van der Waals surface area contributed by atoms with Crippen molar-refractivity contribution in [3.63, 3.8) is 0 Å². The highest BCUT2D eigenvalue weighted by molar-refractivity contribution is 5.80. The van der Waals surface area contributed by atoms with Crippen molar-refractivity contribution in [3.05, 3.63) is 71.8 Å². The quantitative estimate of drug-likeness (QED) is 0.522. The number of likely N-dealkylation sites (tertiary alicyclic amines) is 1. The molecule has 1 aromatic carbocycles. The van der Waals surface area contributed by atoms with Gasteiger partial charge in [-0.2, -0.15) is 0 Å². The monoisotopic (exact) mass is 466 g/mol. The van der Waals surface area contributed by atoms with Crippen LogP contribution in [0, 0.1) is 0 Å². The summed E-state index contributed by atoms with van der Waals surface area (Å²) in [5.41, 5.74) is 0.245. The molecule has 2 heterocycles. The van der Waals surface area contributed by atoms with Crippen molar-refractivity contribution in [2.45, 2.75) is 44.8 Å². The predicted molar refractivity (Wildman–Crippen MR) is 131 cm³/mol. The lowest BCUT2D eigenvalue weighted by Gasteiger charge is -2.38. The summed E-state index contributed by atoms with van der Waals surface area (Å²) in [4.78, 5) is 6.31. The number of aromatic nitrogens is 1. The van der Waals surface area contributed by atoms with Gasteiger partial charge in [0.25, 0.3) is 0 Å². The zero-order valence-electron chi connectivity index (χ0n) is 19.9. The topological polar surface area (TPSA) is 66.5 Å². The maximum absolute atomic E-state index is 16.3. The van der Waals surface area contributed by atoms with Crippen LogP contribution in [0.5, 0.6) is 5.75 Å². The molecule has 0 bridgehead atoms. The molecule has 181 valence electrons. The van der Waals surface area contributed by atoms with Crippen molar-refractivity contribution in [3.8, 4) is 5.75 Å². The van der Waals surface area contributed by atoms with E-state index in [-0.39, 0.29) is 24.8 Å². The van der Waals surface area contributed by atoms with E-state index >= 15 is 4.39 Å². The fraction of sp³-hybridized carbons (Fsp3) is 0.444. The number of benzene rings is 1. The molecule has 7 heteroatoms. The Morgan fingerprint density at radius 1 is 1.09 bits per heavy atom. The molecule has 1 aliphatic heterocycles. The van der Waals surface area contributed by atoms with Gasteiger partial charge in [-0.1, -0.05) is 30.3 Å². The largest absolute Gasteiger partial charge is 0.497 e. The first-order valence-corrected chi connectivity index (χ1v) is 12.1. The lowest BCUT2D eigenvalue weighted by molar-refractivity contribution is 0.0874. The molecule has 34 heavy (non-hydrogen) atoms. The number of alkyl halides is 1. The fourth-order valence-corrected chi connectivity index (χ4v) is 4.71. The van der Waals surface area contributed by atoms with E-state index in [9.17, 15) is 5.11 Å². The third kappa shape index (κ3) is 5.89. The molecule has 1 radical (unpaired) electrons. The van der Waals surface area contributed by atoms with Crippen LogP contribution in [0.1, 0.15) is 38.7 Å². The van der Waals surface area contributed by atoms with E-state index in [2.05, 4.69) is 15.2 Å². The summed E-state index contributed by atoms with van der Waals surface area (Å²) < 4.78 is 28.2. The van der Waals surface area contributed by atoms with Crippen LogP contribution in [0.3, 0.4) is 0 Å². The smallest absolute Gasteiger partial charge is 0.197 e. The molecule has 6 nitrogen and oxygen atoms in total. The predicted octanol–water partition coefficient (Wildman–Crippen LogP) is 5.58. The summed E-state index contributed by atoms with van der Waals surface area (Å²) in [7, 11) is 0. The molecule has 1 aliphatic carbocycles. The van der Waals surface area contributed by atoms with Gasteiger partial charge in [-0.15, -0.1) is 0 Å². The minimum absolute atomic E-state index is 0.100. The van der Waals surface area contributed by atoms with Crippen LogP contribution < -0.4 is 5.32 Å². The molecule has 1 aromatic heterocycles. The number of hydrogen-bond acceptors (Lipinski definition) is 5. The molecule has 4 rings (SSSR count). The minimum Gasteiger partial charge on any atom is -0.497 e. The lowest BCUT2D eigenvalue weighted by atomic mass is 9.86. The number of nitrogens with one attached hydrogen (secondary N) is 1. The number of hydrogen-bond donors (Lipinski definition) is 1. The average Bonchev–Trinajstić information content (AvgIpc) is 2.82. The van der Waals surface area contributed by atoms with Crippen molar-refractivity contribution in [2.75, 3.05) is 38.2 Å². The first-order chi connectivity index (χ1) is 16.5. The van der Waals surface area contributed by atoms with Crippen molar-refractivity contribution in [1.29, 1.82) is 0 Å². The molecule has 2 aromatic rings. The molecule has 1 saturated heterocycles. The standard InChI is InChI=1S/C27H33FN3O3/c1-3-33-23-16-27(28,17-24(34-4-2)26(23)20-8-6-5-7-9-20)19-31-14-12-21(13-15-31)30-25-11-10-22(32)18-29-25/h5-11,16,18,21H,3-4,12-15,17,19H2,1-2H3,(H,29,30). The van der Waals surface area contributed by atoms with E-state index in [0.29, 0.717) is 30.5 Å². The van der Waals surface area contributed by atoms with Crippen LogP contribution in [-0.2, 0) is 14.6 Å². The number of pyridine rings is 1. The van der Waals surface area contributed by atoms with Gasteiger partial charge < -0.3 is 14.8 Å². The van der Waals surface area contributed by atoms with E-state index in [0.717, 1.165) is 37.1 Å². The Morgan fingerprint density at radius 2 is 1.82 bits per heavy atom. The second-order valence-electron chi connectivity index (χ2n) is 8.82. The molecule has 1 fully saturated rings. The normalized spacial score (nSPS) is 21.8. The number of nitrogens with zero attached hydrogens (tertiary/aromatic N) is 2. The van der Waals surface area contributed by atoms with E-state index in [1.807, 2.05) is 44.2 Å². The number of halogens is 1. The Balaban J connectivity index is 1.45. The molecule has 1 atom stereocenters. The summed E-state index contributed by atoms with van der Waals surface area (Å²) in [6.45, 7) is 6.61. The van der Waals surface area contributed by atoms with Gasteiger partial charge in [0.15, 0.2) is 11.4 Å². The van der Waals surface area contributed by atoms with Crippen LogP contribution in [0.2, 0.25) is 0 Å². The van der Waals surface area contributed by atoms with Crippen LogP contribution >= 0.6 is 0 Å². The molecular formula is C27H33FN3O3. The molecule has 0 spiro atoms. The van der Waals surface area contributed by atoms with Crippen LogP contribution in [0.15, 0.2) is 66.3 Å². The zero-order valence-corrected chi connectivity index (χ0v) is 19.9. The van der Waals surface area contributed by atoms with Crippen molar-refractivity contribution >= 4 is 11.4 Å². The summed E-state index contributed by atoms with van der Waals surface area (Å²) in [6, 6.07) is 13.4.